The SMILES string of the molecule is CC(=O)c1ccc(S(=O)(=O)NCCn2nc(-c3cccs3)n(C3CC3)c2=O)cc1. The predicted octanol–water partition coefficient (Wildman–Crippen LogP) is 2.29. The van der Waals surface area contributed by atoms with Crippen LogP contribution in [0, 0.1) is 0 Å². The molecule has 0 radical (unpaired) electrons. The van der Waals surface area contributed by atoms with Gasteiger partial charge in [0.05, 0.1) is 16.3 Å². The van der Waals surface area contributed by atoms with Gasteiger partial charge in [0.25, 0.3) is 0 Å². The second kappa shape index (κ2) is 7.69. The number of ketones is 1. The summed E-state index contributed by atoms with van der Waals surface area (Å²) in [5, 5.41) is 6.37. The van der Waals surface area contributed by atoms with Gasteiger partial charge in [-0.1, -0.05) is 18.2 Å². The normalized spacial score (nSPS) is 14.2. The standard InChI is InChI=1S/C19H20N4O4S2/c1-13(24)14-4-8-16(9-5-14)29(26,27)20-10-11-22-19(25)23(15-6-7-15)18(21-22)17-3-2-12-28-17/h2-5,8-9,12,15,20H,6-7,10-11H2,1H3. The highest BCUT2D eigenvalue weighted by Crippen LogP contribution is 2.37. The second-order valence-electron chi connectivity index (χ2n) is 6.89. The molecule has 0 aliphatic heterocycles. The first-order valence-corrected chi connectivity index (χ1v) is 11.6. The smallest absolute Gasteiger partial charge is 0.295 e. The molecule has 2 aromatic heterocycles. The second-order valence-corrected chi connectivity index (χ2v) is 9.60. The molecular formula is C19H20N4O4S2. The average molecular weight is 433 g/mol. The lowest BCUT2D eigenvalue weighted by molar-refractivity contribution is 0.101. The van der Waals surface area contributed by atoms with Crippen molar-refractivity contribution in [3.8, 4) is 10.7 Å². The van der Waals surface area contributed by atoms with E-state index in [-0.39, 0.29) is 35.5 Å². The first kappa shape index (κ1) is 19.7. The third-order valence-corrected chi connectivity index (χ3v) is 7.05. The molecule has 0 bridgehead atoms. The molecule has 0 saturated heterocycles. The van der Waals surface area contributed by atoms with Crippen molar-refractivity contribution < 1.29 is 13.2 Å². The summed E-state index contributed by atoms with van der Waals surface area (Å²) in [6.45, 7) is 1.58. The summed E-state index contributed by atoms with van der Waals surface area (Å²) in [5.74, 6) is 0.504. The number of aromatic nitrogens is 3. The highest BCUT2D eigenvalue weighted by Gasteiger charge is 2.30. The zero-order valence-corrected chi connectivity index (χ0v) is 17.4. The van der Waals surface area contributed by atoms with E-state index < -0.39 is 10.0 Å². The summed E-state index contributed by atoms with van der Waals surface area (Å²) in [4.78, 5) is 25.1. The van der Waals surface area contributed by atoms with Crippen LogP contribution in [0.4, 0.5) is 0 Å². The fraction of sp³-hybridized carbons (Fsp3) is 0.316. The maximum Gasteiger partial charge on any atom is 0.346 e. The van der Waals surface area contributed by atoms with Gasteiger partial charge in [0.1, 0.15) is 0 Å². The minimum Gasteiger partial charge on any atom is -0.295 e. The van der Waals surface area contributed by atoms with Gasteiger partial charge in [0.15, 0.2) is 11.6 Å². The van der Waals surface area contributed by atoms with Gasteiger partial charge in [0.2, 0.25) is 10.0 Å². The third kappa shape index (κ3) is 4.09. The monoisotopic (exact) mass is 432 g/mol. The number of sulfonamides is 1. The van der Waals surface area contributed by atoms with Crippen LogP contribution in [0.3, 0.4) is 0 Å². The molecule has 0 atom stereocenters. The Morgan fingerprint density at radius 2 is 1.97 bits per heavy atom. The van der Waals surface area contributed by atoms with Crippen molar-refractivity contribution in [2.24, 2.45) is 0 Å². The lowest BCUT2D eigenvalue weighted by Gasteiger charge is -2.07. The topological polar surface area (TPSA) is 103 Å². The molecule has 0 spiro atoms. The Kier molecular flexibility index (Phi) is 5.24. The summed E-state index contributed by atoms with van der Waals surface area (Å²) >= 11 is 1.51. The summed E-state index contributed by atoms with van der Waals surface area (Å²) in [6, 6.07) is 9.74. The van der Waals surface area contributed by atoms with Crippen LogP contribution in [0.5, 0.6) is 0 Å². The van der Waals surface area contributed by atoms with Gasteiger partial charge in [-0.15, -0.1) is 16.4 Å². The van der Waals surface area contributed by atoms with Gasteiger partial charge >= 0.3 is 5.69 Å². The van der Waals surface area contributed by atoms with Gasteiger partial charge in [-0.3, -0.25) is 9.36 Å². The molecule has 3 aromatic rings. The Bertz CT molecular complexity index is 1190. The molecule has 1 aliphatic carbocycles. The largest absolute Gasteiger partial charge is 0.346 e. The lowest BCUT2D eigenvalue weighted by Crippen LogP contribution is -2.32. The molecule has 1 fully saturated rings. The van der Waals surface area contributed by atoms with Crippen LogP contribution in [0.25, 0.3) is 10.7 Å². The van der Waals surface area contributed by atoms with Gasteiger partial charge in [-0.2, -0.15) is 0 Å². The van der Waals surface area contributed by atoms with Crippen LogP contribution in [-0.4, -0.2) is 35.1 Å². The zero-order valence-electron chi connectivity index (χ0n) is 15.7. The number of benzene rings is 1. The van der Waals surface area contributed by atoms with Crippen LogP contribution >= 0.6 is 11.3 Å². The first-order chi connectivity index (χ1) is 13.9. The number of nitrogens with zero attached hydrogens (tertiary/aromatic N) is 3. The summed E-state index contributed by atoms with van der Waals surface area (Å²) < 4.78 is 30.4. The quantitative estimate of drug-likeness (QED) is 0.550. The Hall–Kier alpha value is -2.56. The summed E-state index contributed by atoms with van der Waals surface area (Å²) in [6.07, 6.45) is 1.90. The molecule has 4 rings (SSSR count). The number of hydrogen-bond acceptors (Lipinski definition) is 6. The van der Waals surface area contributed by atoms with Crippen LogP contribution in [-0.2, 0) is 16.6 Å². The number of nitrogens with one attached hydrogen (secondary N) is 1. The Labute approximate surface area is 171 Å². The molecule has 1 aliphatic rings. The Morgan fingerprint density at radius 1 is 1.24 bits per heavy atom. The van der Waals surface area contributed by atoms with Crippen molar-refractivity contribution in [2.75, 3.05) is 6.54 Å². The predicted molar refractivity (Wildman–Crippen MR) is 110 cm³/mol. The van der Waals surface area contributed by atoms with Crippen LogP contribution < -0.4 is 10.4 Å². The highest BCUT2D eigenvalue weighted by molar-refractivity contribution is 7.89. The minimum absolute atomic E-state index is 0.0300. The van der Waals surface area contributed by atoms with Gasteiger partial charge < -0.3 is 0 Å². The van der Waals surface area contributed by atoms with E-state index in [1.165, 1.54) is 47.2 Å². The number of Topliss-reactive ketones (excluding diaryl/α,β-unsaturated/α-hetero) is 1. The maximum absolute atomic E-state index is 12.8. The van der Waals surface area contributed by atoms with Crippen molar-refractivity contribution in [1.29, 1.82) is 0 Å². The fourth-order valence-corrected chi connectivity index (χ4v) is 4.77. The van der Waals surface area contributed by atoms with Crippen LogP contribution in [0.15, 0.2) is 51.5 Å². The number of rotatable bonds is 8. The van der Waals surface area contributed by atoms with Crippen LogP contribution in [0.2, 0.25) is 0 Å². The molecule has 1 aromatic carbocycles. The average Bonchev–Trinajstić information content (AvgIpc) is 3.27. The van der Waals surface area contributed by atoms with E-state index in [0.29, 0.717) is 11.4 Å². The Morgan fingerprint density at radius 3 is 2.55 bits per heavy atom. The van der Waals surface area contributed by atoms with Gasteiger partial charge in [-0.05, 0) is 43.3 Å². The molecule has 1 saturated carbocycles. The van der Waals surface area contributed by atoms with E-state index >= 15 is 0 Å². The van der Waals surface area contributed by atoms with Crippen molar-refractivity contribution in [2.45, 2.75) is 37.2 Å². The maximum atomic E-state index is 12.8. The number of carbonyl (C=O) groups excluding carboxylic acids is 1. The van der Waals surface area contributed by atoms with Crippen LogP contribution in [0.1, 0.15) is 36.2 Å². The molecule has 0 unspecified atom stereocenters. The fourth-order valence-electron chi connectivity index (χ4n) is 3.04. The lowest BCUT2D eigenvalue weighted by atomic mass is 10.2. The van der Waals surface area contributed by atoms with Crippen molar-refractivity contribution in [3.05, 3.63) is 57.8 Å². The zero-order chi connectivity index (χ0) is 20.6. The van der Waals surface area contributed by atoms with E-state index in [2.05, 4.69) is 9.82 Å². The van der Waals surface area contributed by atoms with Crippen molar-refractivity contribution in [1.82, 2.24) is 19.1 Å². The molecule has 8 nitrogen and oxygen atoms in total. The minimum atomic E-state index is -3.75. The number of thiophene rings is 1. The van der Waals surface area contributed by atoms with E-state index in [4.69, 9.17) is 0 Å². The van der Waals surface area contributed by atoms with E-state index in [9.17, 15) is 18.0 Å². The van der Waals surface area contributed by atoms with E-state index in [1.54, 1.807) is 4.57 Å². The molecule has 0 amide bonds. The molecule has 152 valence electrons. The summed E-state index contributed by atoms with van der Waals surface area (Å²) in [5.41, 5.74) is 0.225. The molecule has 1 N–H and O–H groups in total. The first-order valence-electron chi connectivity index (χ1n) is 9.21. The number of hydrogen-bond donors (Lipinski definition) is 1. The molecule has 2 heterocycles. The molecule has 29 heavy (non-hydrogen) atoms. The third-order valence-electron chi connectivity index (χ3n) is 4.71. The Balaban J connectivity index is 1.49. The van der Waals surface area contributed by atoms with E-state index in [1.807, 2.05) is 17.5 Å². The van der Waals surface area contributed by atoms with Gasteiger partial charge in [-0.25, -0.2) is 22.6 Å². The molecule has 10 heteroatoms. The van der Waals surface area contributed by atoms with Crippen molar-refractivity contribution in [3.63, 3.8) is 0 Å². The van der Waals surface area contributed by atoms with Gasteiger partial charge in [0, 0.05) is 18.2 Å². The van der Waals surface area contributed by atoms with E-state index in [0.717, 1.165) is 17.7 Å². The highest BCUT2D eigenvalue weighted by atomic mass is 32.2. The molecular weight excluding hydrogens is 412 g/mol. The number of carbonyl (C=O) groups is 1. The van der Waals surface area contributed by atoms with Crippen molar-refractivity contribution >= 4 is 27.1 Å². The summed E-state index contributed by atoms with van der Waals surface area (Å²) in [7, 11) is -3.75.